The number of esters is 1. The van der Waals surface area contributed by atoms with Crippen LogP contribution in [-0.2, 0) is 35.6 Å². The van der Waals surface area contributed by atoms with Gasteiger partial charge in [0.1, 0.15) is 16.7 Å². The first kappa shape index (κ1) is 22.4. The first-order valence-electron chi connectivity index (χ1n) is 9.44. The summed E-state index contributed by atoms with van der Waals surface area (Å²) in [6.45, 7) is 0. The van der Waals surface area contributed by atoms with Crippen molar-refractivity contribution in [1.82, 2.24) is 4.72 Å². The van der Waals surface area contributed by atoms with Crippen molar-refractivity contribution in [3.63, 3.8) is 0 Å². The van der Waals surface area contributed by atoms with Crippen molar-refractivity contribution in [3.05, 3.63) is 54.1 Å². The van der Waals surface area contributed by atoms with Gasteiger partial charge in [0.25, 0.3) is 0 Å². The normalized spacial score (nSPS) is 15.1. The Kier molecular flexibility index (Phi) is 6.71. The largest absolute Gasteiger partial charge is 0.495 e. The Morgan fingerprint density at radius 2 is 1.71 bits per heavy atom. The summed E-state index contributed by atoms with van der Waals surface area (Å²) in [5.41, 5.74) is 0.848. The molecule has 1 N–H and O–H groups in total. The van der Waals surface area contributed by atoms with Crippen molar-refractivity contribution < 1.29 is 32.3 Å². The van der Waals surface area contributed by atoms with E-state index < -0.39 is 33.8 Å². The van der Waals surface area contributed by atoms with Gasteiger partial charge in [0.15, 0.2) is 0 Å². The standard InChI is InChI=1S/C21H22N2O7S/c1-29-17-9-8-15(23-19(24)10-11-20(23)25)13-18(17)31(27,28)22-16(21(26)30-2)12-14-6-4-3-5-7-14/h3-9,13,16,22H,10-12H2,1-2H3/t16-/m0/s1. The average Bonchev–Trinajstić information content (AvgIpc) is 3.10. The highest BCUT2D eigenvalue weighted by molar-refractivity contribution is 7.89. The molecular formula is C21H22N2O7S. The number of hydrogen-bond acceptors (Lipinski definition) is 7. The molecule has 1 heterocycles. The zero-order valence-electron chi connectivity index (χ0n) is 17.0. The summed E-state index contributed by atoms with van der Waals surface area (Å²) in [5.74, 6) is -1.59. The van der Waals surface area contributed by atoms with Crippen molar-refractivity contribution in [2.24, 2.45) is 0 Å². The van der Waals surface area contributed by atoms with Crippen LogP contribution in [0.2, 0.25) is 0 Å². The van der Waals surface area contributed by atoms with Crippen molar-refractivity contribution in [2.75, 3.05) is 19.1 Å². The maximum Gasteiger partial charge on any atom is 0.324 e. The van der Waals surface area contributed by atoms with E-state index in [1.807, 2.05) is 0 Å². The van der Waals surface area contributed by atoms with Crippen LogP contribution in [0, 0.1) is 0 Å². The van der Waals surface area contributed by atoms with Crippen LogP contribution in [-0.4, -0.2) is 46.5 Å². The second-order valence-electron chi connectivity index (χ2n) is 6.84. The summed E-state index contributed by atoms with van der Waals surface area (Å²) in [7, 11) is -1.83. The number of imide groups is 1. The zero-order chi connectivity index (χ0) is 22.6. The summed E-state index contributed by atoms with van der Waals surface area (Å²) in [6.07, 6.45) is 0.192. The fraction of sp³-hybridized carbons (Fsp3) is 0.286. The molecule has 0 spiro atoms. The number of amides is 2. The number of sulfonamides is 1. The highest BCUT2D eigenvalue weighted by atomic mass is 32.2. The quantitative estimate of drug-likeness (QED) is 0.481. The molecule has 1 aliphatic heterocycles. The lowest BCUT2D eigenvalue weighted by Crippen LogP contribution is -2.43. The van der Waals surface area contributed by atoms with E-state index in [0.29, 0.717) is 0 Å². The van der Waals surface area contributed by atoms with Crippen LogP contribution in [0.1, 0.15) is 18.4 Å². The molecule has 1 aliphatic rings. The molecule has 1 saturated heterocycles. The Labute approximate surface area is 180 Å². The molecule has 0 unspecified atom stereocenters. The van der Waals surface area contributed by atoms with E-state index in [9.17, 15) is 22.8 Å². The number of nitrogens with zero attached hydrogens (tertiary/aromatic N) is 1. The molecule has 10 heteroatoms. The minimum absolute atomic E-state index is 0.00123. The highest BCUT2D eigenvalue weighted by Gasteiger charge is 2.33. The van der Waals surface area contributed by atoms with Crippen LogP contribution in [0.25, 0.3) is 0 Å². The molecule has 0 bridgehead atoms. The molecule has 0 aromatic heterocycles. The van der Waals surface area contributed by atoms with Crippen LogP contribution in [0.15, 0.2) is 53.4 Å². The Balaban J connectivity index is 1.96. The van der Waals surface area contributed by atoms with Gasteiger partial charge in [-0.05, 0) is 30.2 Å². The van der Waals surface area contributed by atoms with Crippen LogP contribution < -0.4 is 14.4 Å². The molecule has 2 aromatic carbocycles. The van der Waals surface area contributed by atoms with Gasteiger partial charge in [0.2, 0.25) is 21.8 Å². The number of methoxy groups -OCH3 is 2. The Hall–Kier alpha value is -3.24. The molecular weight excluding hydrogens is 424 g/mol. The second kappa shape index (κ2) is 9.27. The SMILES string of the molecule is COC(=O)[C@H](Cc1ccccc1)NS(=O)(=O)c1cc(N2C(=O)CCC2=O)ccc1OC. The van der Waals surface area contributed by atoms with Gasteiger partial charge in [-0.2, -0.15) is 4.72 Å². The fourth-order valence-electron chi connectivity index (χ4n) is 3.29. The third kappa shape index (κ3) is 4.92. The van der Waals surface area contributed by atoms with E-state index in [2.05, 4.69) is 4.72 Å². The number of carbonyl (C=O) groups is 3. The second-order valence-corrected chi connectivity index (χ2v) is 8.53. The summed E-state index contributed by atoms with van der Waals surface area (Å²) in [5, 5.41) is 0. The Bertz CT molecular complexity index is 1080. The Morgan fingerprint density at radius 1 is 1.06 bits per heavy atom. The molecule has 1 atom stereocenters. The van der Waals surface area contributed by atoms with Gasteiger partial charge in [-0.1, -0.05) is 30.3 Å². The van der Waals surface area contributed by atoms with Gasteiger partial charge < -0.3 is 9.47 Å². The first-order valence-corrected chi connectivity index (χ1v) is 10.9. The van der Waals surface area contributed by atoms with Gasteiger partial charge in [-0.25, -0.2) is 8.42 Å². The molecule has 2 amide bonds. The number of nitrogens with one attached hydrogen (secondary N) is 1. The zero-order valence-corrected chi connectivity index (χ0v) is 17.8. The monoisotopic (exact) mass is 446 g/mol. The maximum absolute atomic E-state index is 13.2. The first-order chi connectivity index (χ1) is 14.8. The van der Waals surface area contributed by atoms with Gasteiger partial charge >= 0.3 is 5.97 Å². The predicted molar refractivity (Wildman–Crippen MR) is 111 cm³/mol. The molecule has 0 saturated carbocycles. The summed E-state index contributed by atoms with van der Waals surface area (Å²) >= 11 is 0. The summed E-state index contributed by atoms with van der Waals surface area (Å²) < 4.78 is 38.6. The predicted octanol–water partition coefficient (Wildman–Crippen LogP) is 1.41. The van der Waals surface area contributed by atoms with E-state index >= 15 is 0 Å². The molecule has 2 aromatic rings. The smallest absolute Gasteiger partial charge is 0.324 e. The van der Waals surface area contributed by atoms with Gasteiger partial charge in [-0.15, -0.1) is 0 Å². The van der Waals surface area contributed by atoms with Crippen molar-refractivity contribution in [1.29, 1.82) is 0 Å². The number of benzene rings is 2. The summed E-state index contributed by atoms with van der Waals surface area (Å²) in [6, 6.07) is 11.6. The van der Waals surface area contributed by atoms with E-state index in [1.165, 1.54) is 32.4 Å². The fourth-order valence-corrected chi connectivity index (χ4v) is 4.67. The number of rotatable bonds is 8. The van der Waals surface area contributed by atoms with E-state index in [-0.39, 0.29) is 35.6 Å². The minimum atomic E-state index is -4.29. The van der Waals surface area contributed by atoms with E-state index in [1.54, 1.807) is 30.3 Å². The van der Waals surface area contributed by atoms with Gasteiger partial charge in [-0.3, -0.25) is 19.3 Å². The molecule has 164 valence electrons. The molecule has 0 aliphatic carbocycles. The van der Waals surface area contributed by atoms with Crippen molar-refractivity contribution in [3.8, 4) is 5.75 Å². The third-order valence-electron chi connectivity index (χ3n) is 4.81. The number of carbonyl (C=O) groups excluding carboxylic acids is 3. The lowest BCUT2D eigenvalue weighted by atomic mass is 10.1. The van der Waals surface area contributed by atoms with Gasteiger partial charge in [0, 0.05) is 12.8 Å². The summed E-state index contributed by atoms with van der Waals surface area (Å²) in [4.78, 5) is 37.0. The number of anilines is 1. The topological polar surface area (TPSA) is 119 Å². The number of ether oxygens (including phenoxy) is 2. The van der Waals surface area contributed by atoms with Crippen molar-refractivity contribution in [2.45, 2.75) is 30.2 Å². The van der Waals surface area contributed by atoms with E-state index in [0.717, 1.165) is 10.5 Å². The number of hydrogen-bond donors (Lipinski definition) is 1. The average molecular weight is 446 g/mol. The lowest BCUT2D eigenvalue weighted by molar-refractivity contribution is -0.142. The highest BCUT2D eigenvalue weighted by Crippen LogP contribution is 2.31. The maximum atomic E-state index is 13.2. The van der Waals surface area contributed by atoms with Crippen LogP contribution in [0.4, 0.5) is 5.69 Å². The molecule has 31 heavy (non-hydrogen) atoms. The molecule has 3 rings (SSSR count). The minimum Gasteiger partial charge on any atom is -0.495 e. The Morgan fingerprint density at radius 3 is 2.29 bits per heavy atom. The lowest BCUT2D eigenvalue weighted by Gasteiger charge is -2.20. The van der Waals surface area contributed by atoms with E-state index in [4.69, 9.17) is 9.47 Å². The molecule has 0 radical (unpaired) electrons. The third-order valence-corrected chi connectivity index (χ3v) is 6.31. The van der Waals surface area contributed by atoms with Crippen LogP contribution in [0.5, 0.6) is 5.75 Å². The van der Waals surface area contributed by atoms with Crippen LogP contribution >= 0.6 is 0 Å². The van der Waals surface area contributed by atoms with Crippen LogP contribution in [0.3, 0.4) is 0 Å². The molecule has 9 nitrogen and oxygen atoms in total. The van der Waals surface area contributed by atoms with Crippen molar-refractivity contribution >= 4 is 33.5 Å². The molecule has 1 fully saturated rings. The van der Waals surface area contributed by atoms with Gasteiger partial charge in [0.05, 0.1) is 19.9 Å².